The zero-order valence-corrected chi connectivity index (χ0v) is 19.0. The third kappa shape index (κ3) is 5.26. The van der Waals surface area contributed by atoms with Gasteiger partial charge in [-0.3, -0.25) is 9.59 Å². The molecule has 9 heteroatoms. The summed E-state index contributed by atoms with van der Waals surface area (Å²) in [4.78, 5) is 26.7. The number of hydrogen-bond donors (Lipinski definition) is 0. The van der Waals surface area contributed by atoms with Crippen LogP contribution in [0.1, 0.15) is 19.4 Å². The highest BCUT2D eigenvalue weighted by atomic mass is 35.5. The van der Waals surface area contributed by atoms with E-state index >= 15 is 0 Å². The van der Waals surface area contributed by atoms with Crippen LogP contribution in [-0.2, 0) is 29.8 Å². The van der Waals surface area contributed by atoms with Crippen LogP contribution in [0.3, 0.4) is 0 Å². The summed E-state index contributed by atoms with van der Waals surface area (Å²) in [5.74, 6) is -0.836. The Morgan fingerprint density at radius 3 is 2.13 bits per heavy atom. The largest absolute Gasteiger partial charge is 0.455 e. The van der Waals surface area contributed by atoms with Gasteiger partial charge in [-0.2, -0.15) is 4.31 Å². The molecule has 1 fully saturated rings. The SMILES string of the molecule is CC(C)(C(=O)OCC(=O)N1CCN(S(=O)(=O)c2ccc(Cl)cc2)CC1)c1ccccc1. The van der Waals surface area contributed by atoms with Crippen molar-refractivity contribution in [2.45, 2.75) is 24.2 Å². The molecule has 0 aliphatic carbocycles. The Kier molecular flexibility index (Phi) is 7.03. The van der Waals surface area contributed by atoms with E-state index in [0.29, 0.717) is 5.02 Å². The van der Waals surface area contributed by atoms with Crippen LogP contribution in [0.5, 0.6) is 0 Å². The molecule has 0 radical (unpaired) electrons. The number of nitrogens with zero attached hydrogens (tertiary/aromatic N) is 2. The first-order chi connectivity index (χ1) is 14.6. The zero-order chi connectivity index (χ0) is 22.6. The van der Waals surface area contributed by atoms with Crippen molar-refractivity contribution in [3.63, 3.8) is 0 Å². The second-order valence-corrected chi connectivity index (χ2v) is 10.2. The Morgan fingerprint density at radius 2 is 1.55 bits per heavy atom. The topological polar surface area (TPSA) is 84.0 Å². The molecule has 2 aromatic carbocycles. The average molecular weight is 465 g/mol. The highest BCUT2D eigenvalue weighted by Gasteiger charge is 2.33. The van der Waals surface area contributed by atoms with E-state index in [2.05, 4.69) is 0 Å². The van der Waals surface area contributed by atoms with Crippen LogP contribution in [-0.4, -0.2) is 62.3 Å². The minimum Gasteiger partial charge on any atom is -0.455 e. The van der Waals surface area contributed by atoms with E-state index in [1.807, 2.05) is 30.3 Å². The Morgan fingerprint density at radius 1 is 0.968 bits per heavy atom. The van der Waals surface area contributed by atoms with E-state index < -0.39 is 21.4 Å². The lowest BCUT2D eigenvalue weighted by Crippen LogP contribution is -2.51. The average Bonchev–Trinajstić information content (AvgIpc) is 2.78. The molecule has 1 saturated heterocycles. The normalized spacial score (nSPS) is 15.5. The number of carbonyl (C=O) groups is 2. The molecular formula is C22H25ClN2O5S. The molecule has 0 atom stereocenters. The minimum absolute atomic E-state index is 0.161. The second kappa shape index (κ2) is 9.38. The predicted octanol–water partition coefficient (Wildman–Crippen LogP) is 2.69. The van der Waals surface area contributed by atoms with E-state index in [9.17, 15) is 18.0 Å². The maximum Gasteiger partial charge on any atom is 0.316 e. The molecule has 1 heterocycles. The van der Waals surface area contributed by atoms with E-state index in [4.69, 9.17) is 16.3 Å². The van der Waals surface area contributed by atoms with Gasteiger partial charge in [0.15, 0.2) is 6.61 Å². The third-order valence-corrected chi connectivity index (χ3v) is 7.54. The molecule has 7 nitrogen and oxygen atoms in total. The van der Waals surface area contributed by atoms with Crippen LogP contribution in [0.4, 0.5) is 0 Å². The maximum absolute atomic E-state index is 12.7. The summed E-state index contributed by atoms with van der Waals surface area (Å²) in [5.41, 5.74) is -0.0825. The lowest BCUT2D eigenvalue weighted by molar-refractivity contribution is -0.156. The van der Waals surface area contributed by atoms with Crippen LogP contribution in [0.25, 0.3) is 0 Å². The number of hydrogen-bond acceptors (Lipinski definition) is 5. The van der Waals surface area contributed by atoms with Crippen molar-refractivity contribution in [3.05, 3.63) is 65.2 Å². The standard InChI is InChI=1S/C22H25ClN2O5S/c1-22(2,17-6-4-3-5-7-17)21(27)30-16-20(26)24-12-14-25(15-13-24)31(28,29)19-10-8-18(23)9-11-19/h3-11H,12-16H2,1-2H3. The van der Waals surface area contributed by atoms with Crippen molar-refractivity contribution in [3.8, 4) is 0 Å². The number of ether oxygens (including phenoxy) is 1. The van der Waals surface area contributed by atoms with Gasteiger partial charge < -0.3 is 9.64 Å². The van der Waals surface area contributed by atoms with Crippen LogP contribution >= 0.6 is 11.6 Å². The molecule has 0 unspecified atom stereocenters. The van der Waals surface area contributed by atoms with E-state index in [-0.39, 0.29) is 43.6 Å². The van der Waals surface area contributed by atoms with Crippen molar-refractivity contribution in [2.75, 3.05) is 32.8 Å². The van der Waals surface area contributed by atoms with Gasteiger partial charge in [0.05, 0.1) is 10.3 Å². The number of piperazine rings is 1. The summed E-state index contributed by atoms with van der Waals surface area (Å²) < 4.78 is 32.1. The van der Waals surface area contributed by atoms with Crippen LogP contribution < -0.4 is 0 Å². The summed E-state index contributed by atoms with van der Waals surface area (Å²) >= 11 is 5.83. The highest BCUT2D eigenvalue weighted by molar-refractivity contribution is 7.89. The first kappa shape index (κ1) is 23.2. The van der Waals surface area contributed by atoms with Crippen LogP contribution in [0.15, 0.2) is 59.5 Å². The monoisotopic (exact) mass is 464 g/mol. The molecule has 2 aromatic rings. The number of carbonyl (C=O) groups excluding carboxylic acids is 2. The van der Waals surface area contributed by atoms with Crippen LogP contribution in [0, 0.1) is 0 Å². The van der Waals surface area contributed by atoms with Crippen molar-refractivity contribution in [1.29, 1.82) is 0 Å². The predicted molar refractivity (Wildman–Crippen MR) is 117 cm³/mol. The molecule has 166 valence electrons. The Bertz CT molecular complexity index is 1030. The highest BCUT2D eigenvalue weighted by Crippen LogP contribution is 2.24. The number of halogens is 1. The van der Waals surface area contributed by atoms with Crippen molar-refractivity contribution < 1.29 is 22.7 Å². The lowest BCUT2D eigenvalue weighted by atomic mass is 9.85. The van der Waals surface area contributed by atoms with Gasteiger partial charge in [0.1, 0.15) is 0 Å². The number of amides is 1. The summed E-state index contributed by atoms with van der Waals surface area (Å²) in [7, 11) is -3.65. The molecule has 0 spiro atoms. The number of esters is 1. The smallest absolute Gasteiger partial charge is 0.316 e. The molecule has 0 bridgehead atoms. The first-order valence-electron chi connectivity index (χ1n) is 9.88. The van der Waals surface area contributed by atoms with Gasteiger partial charge in [-0.05, 0) is 43.7 Å². The van der Waals surface area contributed by atoms with Gasteiger partial charge in [-0.15, -0.1) is 0 Å². The summed E-state index contributed by atoms with van der Waals surface area (Å²) in [6.45, 7) is 3.90. The lowest BCUT2D eigenvalue weighted by Gasteiger charge is -2.34. The van der Waals surface area contributed by atoms with E-state index in [1.165, 1.54) is 33.5 Å². The molecule has 1 amide bonds. The van der Waals surface area contributed by atoms with Gasteiger partial charge >= 0.3 is 5.97 Å². The van der Waals surface area contributed by atoms with Gasteiger partial charge in [0.2, 0.25) is 10.0 Å². The first-order valence-corrected chi connectivity index (χ1v) is 11.7. The van der Waals surface area contributed by atoms with Crippen molar-refractivity contribution in [1.82, 2.24) is 9.21 Å². The third-order valence-electron chi connectivity index (χ3n) is 5.38. The van der Waals surface area contributed by atoms with Crippen molar-refractivity contribution in [2.24, 2.45) is 0 Å². The number of benzene rings is 2. The maximum atomic E-state index is 12.7. The van der Waals surface area contributed by atoms with Gasteiger partial charge in [0, 0.05) is 31.2 Å². The number of sulfonamides is 1. The molecule has 1 aliphatic rings. The summed E-state index contributed by atoms with van der Waals surface area (Å²) in [5, 5.41) is 0.458. The fourth-order valence-electron chi connectivity index (χ4n) is 3.31. The fourth-order valence-corrected chi connectivity index (χ4v) is 4.85. The van der Waals surface area contributed by atoms with Gasteiger partial charge in [-0.25, -0.2) is 8.42 Å². The second-order valence-electron chi connectivity index (χ2n) is 7.81. The Hall–Kier alpha value is -2.42. The molecule has 1 aliphatic heterocycles. The van der Waals surface area contributed by atoms with Crippen molar-refractivity contribution >= 4 is 33.5 Å². The summed E-state index contributed by atoms with van der Waals surface area (Å²) in [6.07, 6.45) is 0. The summed E-state index contributed by atoms with van der Waals surface area (Å²) in [6, 6.07) is 15.2. The molecule has 0 aromatic heterocycles. The van der Waals surface area contributed by atoms with E-state index in [0.717, 1.165) is 5.56 Å². The quantitative estimate of drug-likeness (QED) is 0.614. The molecule has 3 rings (SSSR count). The Balaban J connectivity index is 1.53. The molecule has 0 N–H and O–H groups in total. The minimum atomic E-state index is -3.65. The number of rotatable bonds is 6. The zero-order valence-electron chi connectivity index (χ0n) is 17.5. The van der Waals surface area contributed by atoms with Gasteiger partial charge in [-0.1, -0.05) is 41.9 Å². The molecule has 0 saturated carbocycles. The van der Waals surface area contributed by atoms with Crippen LogP contribution in [0.2, 0.25) is 5.02 Å². The molecular weight excluding hydrogens is 440 g/mol. The fraction of sp³-hybridized carbons (Fsp3) is 0.364. The van der Waals surface area contributed by atoms with Gasteiger partial charge in [0.25, 0.3) is 5.91 Å². The van der Waals surface area contributed by atoms with E-state index in [1.54, 1.807) is 13.8 Å². The molecule has 31 heavy (non-hydrogen) atoms. The Labute approximate surface area is 187 Å².